The molecule has 2 heterocycles. The van der Waals surface area contributed by atoms with Crippen molar-refractivity contribution < 1.29 is 9.53 Å². The van der Waals surface area contributed by atoms with Gasteiger partial charge in [0.05, 0.1) is 0 Å². The first-order valence-corrected chi connectivity index (χ1v) is 8.65. The van der Waals surface area contributed by atoms with Crippen molar-refractivity contribution in [1.29, 1.82) is 0 Å². The van der Waals surface area contributed by atoms with E-state index in [0.29, 0.717) is 34.2 Å². The van der Waals surface area contributed by atoms with Crippen LogP contribution in [-0.2, 0) is 0 Å². The highest BCUT2D eigenvalue weighted by molar-refractivity contribution is 6.30. The van der Waals surface area contributed by atoms with Gasteiger partial charge in [-0.25, -0.2) is 0 Å². The van der Waals surface area contributed by atoms with Gasteiger partial charge >= 0.3 is 0 Å². The van der Waals surface area contributed by atoms with Gasteiger partial charge in [-0.05, 0) is 61.7 Å². The summed E-state index contributed by atoms with van der Waals surface area (Å²) in [6.07, 6.45) is 3.42. The van der Waals surface area contributed by atoms with Crippen molar-refractivity contribution in [1.82, 2.24) is 10.6 Å². The molecule has 2 aromatic rings. The molecule has 1 amide bonds. The smallest absolute Gasteiger partial charge is 0.251 e. The SMILES string of the molecule is O=C(N[C@@H]1C[C@H]2CC[C@@H]1N2)c1ccc(Oc2cccc(Cl)c2)cc1. The van der Waals surface area contributed by atoms with Crippen LogP contribution in [0.15, 0.2) is 48.5 Å². The average Bonchev–Trinajstić information content (AvgIpc) is 3.18. The number of fused-ring (bicyclic) bond motifs is 2. The van der Waals surface area contributed by atoms with Crippen molar-refractivity contribution in [2.75, 3.05) is 0 Å². The molecule has 124 valence electrons. The second-order valence-electron chi connectivity index (χ2n) is 6.45. The fraction of sp³-hybridized carbons (Fsp3) is 0.316. The number of carbonyl (C=O) groups is 1. The van der Waals surface area contributed by atoms with Crippen molar-refractivity contribution >= 4 is 17.5 Å². The third-order valence-corrected chi connectivity index (χ3v) is 5.00. The number of benzene rings is 2. The van der Waals surface area contributed by atoms with Crippen molar-refractivity contribution in [3.05, 3.63) is 59.1 Å². The number of hydrogen-bond acceptors (Lipinski definition) is 3. The van der Waals surface area contributed by atoms with Gasteiger partial charge in [-0.1, -0.05) is 17.7 Å². The van der Waals surface area contributed by atoms with E-state index in [0.717, 1.165) is 12.8 Å². The summed E-state index contributed by atoms with van der Waals surface area (Å²) in [5, 5.41) is 7.30. The predicted octanol–water partition coefficient (Wildman–Crippen LogP) is 3.76. The van der Waals surface area contributed by atoms with Crippen LogP contribution in [0.5, 0.6) is 11.5 Å². The van der Waals surface area contributed by atoms with E-state index in [9.17, 15) is 4.79 Å². The monoisotopic (exact) mass is 342 g/mol. The van der Waals surface area contributed by atoms with E-state index in [1.807, 2.05) is 12.1 Å². The minimum atomic E-state index is -0.0244. The molecule has 0 radical (unpaired) electrons. The Hall–Kier alpha value is -2.04. The van der Waals surface area contributed by atoms with Crippen molar-refractivity contribution in [3.63, 3.8) is 0 Å². The Balaban J connectivity index is 1.39. The van der Waals surface area contributed by atoms with Crippen LogP contribution in [0.25, 0.3) is 0 Å². The zero-order chi connectivity index (χ0) is 16.5. The number of nitrogens with one attached hydrogen (secondary N) is 2. The fourth-order valence-corrected chi connectivity index (χ4v) is 3.76. The van der Waals surface area contributed by atoms with E-state index in [1.54, 1.807) is 36.4 Å². The Morgan fingerprint density at radius 1 is 1.12 bits per heavy atom. The van der Waals surface area contributed by atoms with E-state index in [1.165, 1.54) is 6.42 Å². The lowest BCUT2D eigenvalue weighted by atomic mass is 9.95. The molecule has 2 fully saturated rings. The van der Waals surface area contributed by atoms with Gasteiger partial charge in [0.15, 0.2) is 0 Å². The number of amides is 1. The summed E-state index contributed by atoms with van der Waals surface area (Å²) in [6.45, 7) is 0. The third-order valence-electron chi connectivity index (χ3n) is 4.76. The highest BCUT2D eigenvalue weighted by Crippen LogP contribution is 2.28. The lowest BCUT2D eigenvalue weighted by Gasteiger charge is -2.21. The first-order valence-electron chi connectivity index (χ1n) is 8.28. The Bertz CT molecular complexity index is 747. The van der Waals surface area contributed by atoms with E-state index in [-0.39, 0.29) is 11.9 Å². The van der Waals surface area contributed by atoms with E-state index < -0.39 is 0 Å². The summed E-state index contributed by atoms with van der Waals surface area (Å²) < 4.78 is 5.74. The average molecular weight is 343 g/mol. The topological polar surface area (TPSA) is 50.4 Å². The number of hydrogen-bond donors (Lipinski definition) is 2. The largest absolute Gasteiger partial charge is 0.457 e. The summed E-state index contributed by atoms with van der Waals surface area (Å²) in [5.74, 6) is 1.33. The van der Waals surface area contributed by atoms with Gasteiger partial charge in [0.25, 0.3) is 5.91 Å². The van der Waals surface area contributed by atoms with Crippen molar-refractivity contribution in [2.24, 2.45) is 0 Å². The molecule has 2 N–H and O–H groups in total. The molecular weight excluding hydrogens is 324 g/mol. The van der Waals surface area contributed by atoms with Crippen LogP contribution in [0.2, 0.25) is 5.02 Å². The molecule has 24 heavy (non-hydrogen) atoms. The second-order valence-corrected chi connectivity index (χ2v) is 6.88. The minimum Gasteiger partial charge on any atom is -0.457 e. The van der Waals surface area contributed by atoms with Gasteiger partial charge in [-0.15, -0.1) is 0 Å². The van der Waals surface area contributed by atoms with Crippen molar-refractivity contribution in [3.8, 4) is 11.5 Å². The predicted molar refractivity (Wildman–Crippen MR) is 93.8 cm³/mol. The highest BCUT2D eigenvalue weighted by atomic mass is 35.5. The van der Waals surface area contributed by atoms with Gasteiger partial charge in [0, 0.05) is 28.7 Å². The van der Waals surface area contributed by atoms with E-state index in [2.05, 4.69) is 10.6 Å². The second kappa shape index (κ2) is 6.46. The maximum absolute atomic E-state index is 12.4. The Labute approximate surface area is 146 Å². The standard InChI is InChI=1S/C19H19ClN2O2/c20-13-2-1-3-16(10-13)24-15-7-4-12(5-8-15)19(23)22-18-11-14-6-9-17(18)21-14/h1-5,7-8,10,14,17-18,21H,6,9,11H2,(H,22,23)/t14-,17+,18-/m1/s1. The molecule has 2 saturated heterocycles. The molecule has 0 aliphatic carbocycles. The molecule has 4 rings (SSSR count). The minimum absolute atomic E-state index is 0.0244. The maximum atomic E-state index is 12.4. The molecule has 0 aromatic heterocycles. The van der Waals surface area contributed by atoms with Crippen molar-refractivity contribution in [2.45, 2.75) is 37.4 Å². The highest BCUT2D eigenvalue weighted by Gasteiger charge is 2.39. The van der Waals surface area contributed by atoms with Crippen LogP contribution in [-0.4, -0.2) is 24.0 Å². The molecule has 2 aliphatic heterocycles. The van der Waals surface area contributed by atoms with Gasteiger partial charge in [-0.3, -0.25) is 4.79 Å². The zero-order valence-corrected chi connectivity index (χ0v) is 13.9. The summed E-state index contributed by atoms with van der Waals surface area (Å²) in [6, 6.07) is 15.7. The molecule has 2 aliphatic rings. The first-order chi connectivity index (χ1) is 11.7. The van der Waals surface area contributed by atoms with Gasteiger partial charge in [0.1, 0.15) is 11.5 Å². The molecule has 2 aromatic carbocycles. The Morgan fingerprint density at radius 3 is 2.62 bits per heavy atom. The summed E-state index contributed by atoms with van der Waals surface area (Å²) in [4.78, 5) is 12.4. The fourth-order valence-electron chi connectivity index (χ4n) is 3.58. The summed E-state index contributed by atoms with van der Waals surface area (Å²) >= 11 is 5.95. The molecule has 0 unspecified atom stereocenters. The lowest BCUT2D eigenvalue weighted by Crippen LogP contribution is -2.42. The molecule has 0 saturated carbocycles. The van der Waals surface area contributed by atoms with Crippen LogP contribution < -0.4 is 15.4 Å². The summed E-state index contributed by atoms with van der Waals surface area (Å²) in [5.41, 5.74) is 0.649. The molecular formula is C19H19ClN2O2. The normalized spacial score (nSPS) is 24.8. The molecule has 3 atom stereocenters. The Morgan fingerprint density at radius 2 is 1.96 bits per heavy atom. The zero-order valence-electron chi connectivity index (χ0n) is 13.2. The molecule has 2 bridgehead atoms. The van der Waals surface area contributed by atoms with Crippen LogP contribution in [0.3, 0.4) is 0 Å². The van der Waals surface area contributed by atoms with Crippen LogP contribution in [0.1, 0.15) is 29.6 Å². The third kappa shape index (κ3) is 3.25. The van der Waals surface area contributed by atoms with E-state index >= 15 is 0 Å². The van der Waals surface area contributed by atoms with Gasteiger partial charge in [-0.2, -0.15) is 0 Å². The maximum Gasteiger partial charge on any atom is 0.251 e. The Kier molecular flexibility index (Phi) is 4.17. The van der Waals surface area contributed by atoms with Gasteiger partial charge < -0.3 is 15.4 Å². The molecule has 5 heteroatoms. The quantitative estimate of drug-likeness (QED) is 0.889. The summed E-state index contributed by atoms with van der Waals surface area (Å²) in [7, 11) is 0. The van der Waals surface area contributed by atoms with E-state index in [4.69, 9.17) is 16.3 Å². The number of halogens is 1. The first kappa shape index (κ1) is 15.5. The lowest BCUT2D eigenvalue weighted by molar-refractivity contribution is 0.0931. The van der Waals surface area contributed by atoms with Crippen LogP contribution in [0.4, 0.5) is 0 Å². The number of rotatable bonds is 4. The number of ether oxygens (including phenoxy) is 1. The van der Waals surface area contributed by atoms with Crippen LogP contribution in [0, 0.1) is 0 Å². The molecule has 4 nitrogen and oxygen atoms in total. The van der Waals surface area contributed by atoms with Gasteiger partial charge in [0.2, 0.25) is 0 Å². The number of carbonyl (C=O) groups excluding carboxylic acids is 1. The molecule has 0 spiro atoms. The van der Waals surface area contributed by atoms with Crippen LogP contribution >= 0.6 is 11.6 Å².